The van der Waals surface area contributed by atoms with Gasteiger partial charge in [0.15, 0.2) is 11.6 Å². The van der Waals surface area contributed by atoms with Gasteiger partial charge in [-0.05, 0) is 24.0 Å². The zero-order chi connectivity index (χ0) is 14.1. The molecule has 6 heteroatoms. The highest BCUT2D eigenvalue weighted by atomic mass is 19.2. The number of rotatable bonds is 3. The molecule has 1 amide bonds. The number of amides is 1. The van der Waals surface area contributed by atoms with E-state index < -0.39 is 11.6 Å². The van der Waals surface area contributed by atoms with Crippen LogP contribution >= 0.6 is 0 Å². The van der Waals surface area contributed by atoms with Crippen molar-refractivity contribution in [3.63, 3.8) is 0 Å². The Morgan fingerprint density at radius 3 is 2.80 bits per heavy atom. The fourth-order valence-corrected chi connectivity index (χ4v) is 2.55. The van der Waals surface area contributed by atoms with E-state index in [1.54, 1.807) is 6.07 Å². The summed E-state index contributed by atoms with van der Waals surface area (Å²) in [6.45, 7) is 2.48. The molecule has 1 saturated carbocycles. The van der Waals surface area contributed by atoms with E-state index in [2.05, 4.69) is 5.43 Å². The normalized spacial score (nSPS) is 26.3. The van der Waals surface area contributed by atoms with Gasteiger partial charge in [0.25, 0.3) is 0 Å². The molecule has 0 unspecified atom stereocenters. The van der Waals surface area contributed by atoms with Crippen molar-refractivity contribution in [3.05, 3.63) is 35.4 Å². The molecule has 2 aliphatic rings. The van der Waals surface area contributed by atoms with Gasteiger partial charge in [-0.15, -0.1) is 0 Å². The van der Waals surface area contributed by atoms with Gasteiger partial charge in [0.2, 0.25) is 5.91 Å². The molecule has 1 aromatic carbocycles. The van der Waals surface area contributed by atoms with Gasteiger partial charge in [0, 0.05) is 19.0 Å². The van der Waals surface area contributed by atoms with Crippen LogP contribution in [0.2, 0.25) is 0 Å². The molecule has 1 aliphatic carbocycles. The van der Waals surface area contributed by atoms with E-state index in [9.17, 15) is 13.6 Å². The van der Waals surface area contributed by atoms with Crippen molar-refractivity contribution in [2.45, 2.75) is 12.3 Å². The van der Waals surface area contributed by atoms with Crippen LogP contribution < -0.4 is 5.43 Å². The fraction of sp³-hybridized carbons (Fsp3) is 0.500. The molecular formula is C14H16F2N2O2. The lowest BCUT2D eigenvalue weighted by molar-refractivity contribution is -0.129. The Kier molecular flexibility index (Phi) is 3.67. The monoisotopic (exact) mass is 282 g/mol. The Morgan fingerprint density at radius 1 is 1.30 bits per heavy atom. The summed E-state index contributed by atoms with van der Waals surface area (Å²) in [6.07, 6.45) is 0.566. The molecule has 3 rings (SSSR count). The van der Waals surface area contributed by atoms with Gasteiger partial charge < -0.3 is 4.74 Å². The molecular weight excluding hydrogens is 266 g/mol. The minimum atomic E-state index is -0.860. The summed E-state index contributed by atoms with van der Waals surface area (Å²) >= 11 is 0. The van der Waals surface area contributed by atoms with Crippen molar-refractivity contribution in [1.82, 2.24) is 10.4 Å². The third-order valence-corrected chi connectivity index (χ3v) is 3.79. The van der Waals surface area contributed by atoms with Crippen LogP contribution in [-0.2, 0) is 9.53 Å². The Morgan fingerprint density at radius 2 is 2.05 bits per heavy atom. The number of hydrogen-bond acceptors (Lipinski definition) is 3. The molecule has 0 bridgehead atoms. The number of ether oxygens (including phenoxy) is 1. The fourth-order valence-electron chi connectivity index (χ4n) is 2.55. The number of morpholine rings is 1. The lowest BCUT2D eigenvalue weighted by atomic mass is 10.1. The smallest absolute Gasteiger partial charge is 0.238 e. The highest BCUT2D eigenvalue weighted by molar-refractivity contribution is 5.82. The molecule has 1 heterocycles. The largest absolute Gasteiger partial charge is 0.379 e. The van der Waals surface area contributed by atoms with E-state index in [0.717, 1.165) is 6.07 Å². The molecule has 4 nitrogen and oxygen atoms in total. The first kappa shape index (κ1) is 13.5. The predicted molar refractivity (Wildman–Crippen MR) is 67.7 cm³/mol. The quantitative estimate of drug-likeness (QED) is 0.912. The van der Waals surface area contributed by atoms with Gasteiger partial charge in [-0.25, -0.2) is 13.8 Å². The maximum Gasteiger partial charge on any atom is 0.238 e. The van der Waals surface area contributed by atoms with Crippen molar-refractivity contribution in [3.8, 4) is 0 Å². The number of nitrogens with zero attached hydrogens (tertiary/aromatic N) is 1. The summed E-state index contributed by atoms with van der Waals surface area (Å²) < 4.78 is 32.0. The average molecular weight is 282 g/mol. The highest BCUT2D eigenvalue weighted by Crippen LogP contribution is 2.48. The second-order valence-corrected chi connectivity index (χ2v) is 5.17. The molecule has 1 aromatic rings. The molecule has 2 fully saturated rings. The van der Waals surface area contributed by atoms with E-state index in [1.165, 1.54) is 6.07 Å². The topological polar surface area (TPSA) is 41.6 Å². The van der Waals surface area contributed by atoms with Crippen LogP contribution in [0.25, 0.3) is 0 Å². The number of benzene rings is 1. The summed E-state index contributed by atoms with van der Waals surface area (Å²) in [4.78, 5) is 12.0. The second-order valence-electron chi connectivity index (χ2n) is 5.17. The van der Waals surface area contributed by atoms with Gasteiger partial charge in [-0.2, -0.15) is 0 Å². The van der Waals surface area contributed by atoms with Crippen molar-refractivity contribution in [1.29, 1.82) is 0 Å². The number of hydrazine groups is 1. The summed E-state index contributed by atoms with van der Waals surface area (Å²) in [6, 6.07) is 4.11. The Labute approximate surface area is 115 Å². The summed E-state index contributed by atoms with van der Waals surface area (Å²) in [5, 5.41) is 1.81. The van der Waals surface area contributed by atoms with Crippen LogP contribution in [0.1, 0.15) is 17.9 Å². The van der Waals surface area contributed by atoms with Crippen molar-refractivity contribution in [2.75, 3.05) is 26.3 Å². The molecule has 1 aliphatic heterocycles. The van der Waals surface area contributed by atoms with Crippen LogP contribution in [0.5, 0.6) is 0 Å². The van der Waals surface area contributed by atoms with Gasteiger partial charge >= 0.3 is 0 Å². The first-order valence-electron chi connectivity index (χ1n) is 6.74. The summed E-state index contributed by atoms with van der Waals surface area (Å²) in [7, 11) is 0. The van der Waals surface area contributed by atoms with Gasteiger partial charge in [-0.3, -0.25) is 10.2 Å². The number of nitrogens with one attached hydrogen (secondary N) is 1. The maximum absolute atomic E-state index is 13.7. The van der Waals surface area contributed by atoms with Crippen LogP contribution in [0, 0.1) is 17.6 Å². The Balaban J connectivity index is 1.60. The molecule has 0 aromatic heterocycles. The van der Waals surface area contributed by atoms with Crippen LogP contribution in [-0.4, -0.2) is 37.2 Å². The number of hydrogen-bond donors (Lipinski definition) is 1. The van der Waals surface area contributed by atoms with Crippen LogP contribution in [0.15, 0.2) is 18.2 Å². The summed E-state index contributed by atoms with van der Waals surface area (Å²) in [5.74, 6) is -2.30. The zero-order valence-electron chi connectivity index (χ0n) is 10.9. The molecule has 20 heavy (non-hydrogen) atoms. The minimum absolute atomic E-state index is 0.124. The van der Waals surface area contributed by atoms with Gasteiger partial charge in [0.05, 0.1) is 13.2 Å². The van der Waals surface area contributed by atoms with E-state index in [1.807, 2.05) is 5.01 Å². The van der Waals surface area contributed by atoms with E-state index in [-0.39, 0.29) is 17.7 Å². The maximum atomic E-state index is 13.7. The number of carbonyl (C=O) groups excluding carboxylic acids is 1. The SMILES string of the molecule is O=C(NN1CCOCC1)[C@@H]1C[C@H]1c1cccc(F)c1F. The third-order valence-electron chi connectivity index (χ3n) is 3.79. The van der Waals surface area contributed by atoms with Crippen LogP contribution in [0.4, 0.5) is 8.78 Å². The highest BCUT2D eigenvalue weighted by Gasteiger charge is 2.46. The Hall–Kier alpha value is -1.53. The minimum Gasteiger partial charge on any atom is -0.379 e. The zero-order valence-corrected chi connectivity index (χ0v) is 10.9. The van der Waals surface area contributed by atoms with E-state index in [0.29, 0.717) is 38.3 Å². The lowest BCUT2D eigenvalue weighted by Crippen LogP contribution is -2.49. The van der Waals surface area contributed by atoms with Gasteiger partial charge in [-0.1, -0.05) is 12.1 Å². The molecule has 2 atom stereocenters. The second kappa shape index (κ2) is 5.46. The predicted octanol–water partition coefficient (Wildman–Crippen LogP) is 1.43. The average Bonchev–Trinajstić information content (AvgIpc) is 3.23. The third kappa shape index (κ3) is 2.66. The molecule has 0 radical (unpaired) electrons. The van der Waals surface area contributed by atoms with Crippen molar-refractivity contribution >= 4 is 5.91 Å². The standard InChI is InChI=1S/C14H16F2N2O2/c15-12-3-1-2-9(13(12)16)10-8-11(10)14(19)17-18-4-6-20-7-5-18/h1-3,10-11H,4-8H2,(H,17,19)/t10-,11+/m0/s1. The molecule has 1 N–H and O–H groups in total. The van der Waals surface area contributed by atoms with E-state index in [4.69, 9.17) is 4.74 Å². The number of halogens is 2. The number of carbonyl (C=O) groups is 1. The Bertz CT molecular complexity index is 518. The van der Waals surface area contributed by atoms with Gasteiger partial charge in [0.1, 0.15) is 0 Å². The molecule has 1 saturated heterocycles. The lowest BCUT2D eigenvalue weighted by Gasteiger charge is -2.27. The van der Waals surface area contributed by atoms with Crippen molar-refractivity contribution in [2.24, 2.45) is 5.92 Å². The summed E-state index contributed by atoms with van der Waals surface area (Å²) in [5.41, 5.74) is 3.11. The van der Waals surface area contributed by atoms with Crippen molar-refractivity contribution < 1.29 is 18.3 Å². The van der Waals surface area contributed by atoms with E-state index >= 15 is 0 Å². The van der Waals surface area contributed by atoms with Crippen LogP contribution in [0.3, 0.4) is 0 Å². The first-order valence-corrected chi connectivity index (χ1v) is 6.74. The first-order chi connectivity index (χ1) is 9.66. The molecule has 108 valence electrons. The molecule has 0 spiro atoms.